The maximum atomic E-state index is 9.49. The number of aliphatic hydroxyl groups excluding tert-OH is 1. The molecule has 0 aromatic heterocycles. The van der Waals surface area contributed by atoms with Crippen LogP contribution in [-0.2, 0) is 9.47 Å². The Morgan fingerprint density at radius 2 is 1.89 bits per heavy atom. The fourth-order valence-electron chi connectivity index (χ4n) is 2.59. The van der Waals surface area contributed by atoms with Crippen molar-refractivity contribution in [2.75, 3.05) is 12.3 Å². The SMILES string of the molecule is CCC(CC)C1O[C@@H](CO)[C@H](c2ccccc2N)O1. The second-order valence-electron chi connectivity index (χ2n) is 4.99. The van der Waals surface area contributed by atoms with Crippen LogP contribution in [0.1, 0.15) is 38.4 Å². The molecule has 106 valence electrons. The van der Waals surface area contributed by atoms with Gasteiger partial charge in [-0.2, -0.15) is 0 Å². The number of benzene rings is 1. The van der Waals surface area contributed by atoms with E-state index in [1.807, 2.05) is 24.3 Å². The molecule has 2 rings (SSSR count). The van der Waals surface area contributed by atoms with Gasteiger partial charge in [0.15, 0.2) is 6.29 Å². The summed E-state index contributed by atoms with van der Waals surface area (Å²) in [5, 5.41) is 9.49. The fraction of sp³-hybridized carbons (Fsp3) is 0.600. The number of ether oxygens (including phenoxy) is 2. The molecule has 19 heavy (non-hydrogen) atoms. The highest BCUT2D eigenvalue weighted by molar-refractivity contribution is 5.48. The van der Waals surface area contributed by atoms with Crippen LogP contribution in [0.25, 0.3) is 0 Å². The summed E-state index contributed by atoms with van der Waals surface area (Å²) >= 11 is 0. The maximum absolute atomic E-state index is 9.49. The molecule has 0 bridgehead atoms. The highest BCUT2D eigenvalue weighted by Gasteiger charge is 2.40. The topological polar surface area (TPSA) is 64.7 Å². The Morgan fingerprint density at radius 3 is 2.47 bits per heavy atom. The van der Waals surface area contributed by atoms with Crippen molar-refractivity contribution in [2.24, 2.45) is 5.92 Å². The highest BCUT2D eigenvalue weighted by atomic mass is 16.7. The summed E-state index contributed by atoms with van der Waals surface area (Å²) in [5.41, 5.74) is 7.57. The number of anilines is 1. The minimum absolute atomic E-state index is 0.0599. The highest BCUT2D eigenvalue weighted by Crippen LogP contribution is 2.38. The molecule has 1 aromatic rings. The lowest BCUT2D eigenvalue weighted by Crippen LogP contribution is -2.23. The predicted octanol–water partition coefficient (Wildman–Crippen LogP) is 2.48. The zero-order valence-electron chi connectivity index (χ0n) is 11.6. The van der Waals surface area contributed by atoms with E-state index in [1.165, 1.54) is 0 Å². The number of hydrogen-bond donors (Lipinski definition) is 2. The molecular weight excluding hydrogens is 242 g/mol. The molecule has 4 heteroatoms. The molecule has 1 aromatic carbocycles. The smallest absolute Gasteiger partial charge is 0.161 e. The van der Waals surface area contributed by atoms with E-state index >= 15 is 0 Å². The number of aliphatic hydroxyl groups is 1. The van der Waals surface area contributed by atoms with Crippen molar-refractivity contribution in [3.05, 3.63) is 29.8 Å². The second kappa shape index (κ2) is 6.37. The largest absolute Gasteiger partial charge is 0.398 e. The van der Waals surface area contributed by atoms with Crippen LogP contribution in [0, 0.1) is 5.92 Å². The summed E-state index contributed by atoms with van der Waals surface area (Å²) in [5.74, 6) is 0.351. The molecule has 3 N–H and O–H groups in total. The summed E-state index contributed by atoms with van der Waals surface area (Å²) in [6.07, 6.45) is 1.12. The third-order valence-electron chi connectivity index (χ3n) is 3.84. The number of rotatable bonds is 5. The van der Waals surface area contributed by atoms with Gasteiger partial charge in [0.05, 0.1) is 6.61 Å². The van der Waals surface area contributed by atoms with Gasteiger partial charge in [-0.3, -0.25) is 0 Å². The molecule has 0 aliphatic carbocycles. The van der Waals surface area contributed by atoms with E-state index in [2.05, 4.69) is 13.8 Å². The van der Waals surface area contributed by atoms with Crippen molar-refractivity contribution in [1.82, 2.24) is 0 Å². The Kier molecular flexibility index (Phi) is 4.80. The van der Waals surface area contributed by atoms with E-state index in [9.17, 15) is 5.11 Å². The third kappa shape index (κ3) is 2.91. The van der Waals surface area contributed by atoms with Crippen molar-refractivity contribution >= 4 is 5.69 Å². The van der Waals surface area contributed by atoms with Gasteiger partial charge in [0.2, 0.25) is 0 Å². The van der Waals surface area contributed by atoms with E-state index in [4.69, 9.17) is 15.2 Å². The molecule has 1 aliphatic heterocycles. The normalized spacial score (nSPS) is 27.1. The summed E-state index contributed by atoms with van der Waals surface area (Å²) in [4.78, 5) is 0. The van der Waals surface area contributed by atoms with Crippen LogP contribution in [0.2, 0.25) is 0 Å². The van der Waals surface area contributed by atoms with Crippen LogP contribution >= 0.6 is 0 Å². The van der Waals surface area contributed by atoms with Gasteiger partial charge >= 0.3 is 0 Å². The lowest BCUT2D eigenvalue weighted by atomic mass is 10.0. The van der Waals surface area contributed by atoms with Crippen LogP contribution in [0.15, 0.2) is 24.3 Å². The molecule has 1 fully saturated rings. The Bertz CT molecular complexity index is 406. The van der Waals surface area contributed by atoms with Crippen molar-refractivity contribution < 1.29 is 14.6 Å². The molecule has 0 radical (unpaired) electrons. The predicted molar refractivity (Wildman–Crippen MR) is 74.5 cm³/mol. The molecule has 1 unspecified atom stereocenters. The monoisotopic (exact) mass is 265 g/mol. The average Bonchev–Trinajstić information content (AvgIpc) is 2.84. The number of para-hydroxylation sites is 1. The quantitative estimate of drug-likeness (QED) is 0.803. The molecule has 1 saturated heterocycles. The Morgan fingerprint density at radius 1 is 1.21 bits per heavy atom. The molecule has 1 heterocycles. The van der Waals surface area contributed by atoms with Crippen molar-refractivity contribution in [3.63, 3.8) is 0 Å². The standard InChI is InChI=1S/C15H23NO3/c1-3-10(4-2)15-18-13(9-17)14(19-15)11-7-5-6-8-12(11)16/h5-8,10,13-15,17H,3-4,9,16H2,1-2H3/t13-,14-,15?/m0/s1. The second-order valence-corrected chi connectivity index (χ2v) is 4.99. The van der Waals surface area contributed by atoms with Gasteiger partial charge in [0.1, 0.15) is 12.2 Å². The van der Waals surface area contributed by atoms with Crippen LogP contribution < -0.4 is 5.73 Å². The first kappa shape index (κ1) is 14.3. The van der Waals surface area contributed by atoms with Crippen molar-refractivity contribution in [1.29, 1.82) is 0 Å². The molecular formula is C15H23NO3. The van der Waals surface area contributed by atoms with Gasteiger partial charge in [-0.1, -0.05) is 32.0 Å². The number of nitrogens with two attached hydrogens (primary N) is 1. The Labute approximate surface area is 114 Å². The first-order valence-electron chi connectivity index (χ1n) is 6.97. The number of hydrogen-bond acceptors (Lipinski definition) is 4. The van der Waals surface area contributed by atoms with E-state index in [1.54, 1.807) is 0 Å². The maximum Gasteiger partial charge on any atom is 0.161 e. The van der Waals surface area contributed by atoms with Gasteiger partial charge < -0.3 is 20.3 Å². The number of nitrogen functional groups attached to an aromatic ring is 1. The minimum Gasteiger partial charge on any atom is -0.398 e. The third-order valence-corrected chi connectivity index (χ3v) is 3.84. The van der Waals surface area contributed by atoms with Crippen LogP contribution in [0.5, 0.6) is 0 Å². The van der Waals surface area contributed by atoms with Gasteiger partial charge in [0, 0.05) is 17.2 Å². The van der Waals surface area contributed by atoms with Gasteiger partial charge in [-0.05, 0) is 18.9 Å². The Hall–Kier alpha value is -1.10. The lowest BCUT2D eigenvalue weighted by molar-refractivity contribution is -0.110. The van der Waals surface area contributed by atoms with E-state index < -0.39 is 0 Å². The Balaban J connectivity index is 2.19. The summed E-state index contributed by atoms with van der Waals surface area (Å²) in [7, 11) is 0. The van der Waals surface area contributed by atoms with Gasteiger partial charge in [-0.15, -0.1) is 0 Å². The molecule has 0 spiro atoms. The van der Waals surface area contributed by atoms with Crippen molar-refractivity contribution in [3.8, 4) is 0 Å². The van der Waals surface area contributed by atoms with E-state index in [0.717, 1.165) is 18.4 Å². The summed E-state index contributed by atoms with van der Waals surface area (Å²) < 4.78 is 11.9. The lowest BCUT2D eigenvalue weighted by Gasteiger charge is -2.20. The van der Waals surface area contributed by atoms with Crippen molar-refractivity contribution in [2.45, 2.75) is 45.2 Å². The first-order valence-corrected chi connectivity index (χ1v) is 6.97. The molecule has 0 amide bonds. The minimum atomic E-state index is -0.338. The van der Waals surface area contributed by atoms with Crippen LogP contribution in [0.4, 0.5) is 5.69 Å². The van der Waals surface area contributed by atoms with Crippen LogP contribution in [0.3, 0.4) is 0 Å². The average molecular weight is 265 g/mol. The summed E-state index contributed by atoms with van der Waals surface area (Å²) in [6.45, 7) is 4.19. The van der Waals surface area contributed by atoms with E-state index in [-0.39, 0.29) is 25.1 Å². The molecule has 0 saturated carbocycles. The fourth-order valence-corrected chi connectivity index (χ4v) is 2.59. The molecule has 1 aliphatic rings. The van der Waals surface area contributed by atoms with Crippen LogP contribution in [-0.4, -0.2) is 24.1 Å². The van der Waals surface area contributed by atoms with Gasteiger partial charge in [-0.25, -0.2) is 0 Å². The summed E-state index contributed by atoms with van der Waals surface area (Å²) in [6, 6.07) is 7.59. The zero-order valence-corrected chi connectivity index (χ0v) is 11.6. The molecule has 3 atom stereocenters. The molecule has 4 nitrogen and oxygen atoms in total. The van der Waals surface area contributed by atoms with Gasteiger partial charge in [0.25, 0.3) is 0 Å². The van der Waals surface area contributed by atoms with E-state index in [0.29, 0.717) is 11.6 Å². The first-order chi connectivity index (χ1) is 9.21. The zero-order chi connectivity index (χ0) is 13.8.